The van der Waals surface area contributed by atoms with Crippen LogP contribution >= 0.6 is 22.7 Å². The molecule has 0 saturated heterocycles. The highest BCUT2D eigenvalue weighted by Gasteiger charge is 2.27. The van der Waals surface area contributed by atoms with E-state index in [2.05, 4.69) is 132 Å². The number of nitrogens with zero attached hydrogens (tertiary/aromatic N) is 3. The molecule has 0 atom stereocenters. The van der Waals surface area contributed by atoms with Crippen LogP contribution in [-0.2, 0) is 6.42 Å². The van der Waals surface area contributed by atoms with Crippen LogP contribution in [0.15, 0.2) is 121 Å². The van der Waals surface area contributed by atoms with E-state index in [1.807, 2.05) is 11.3 Å². The van der Waals surface area contributed by atoms with E-state index in [4.69, 9.17) is 9.97 Å². The number of fused-ring (bicyclic) bond motifs is 14. The Morgan fingerprint density at radius 1 is 0.596 bits per heavy atom. The van der Waals surface area contributed by atoms with Gasteiger partial charge in [-0.1, -0.05) is 109 Å². The first-order valence-electron chi connectivity index (χ1n) is 16.1. The highest BCUT2D eigenvalue weighted by Crippen LogP contribution is 2.49. The van der Waals surface area contributed by atoms with E-state index in [1.54, 1.807) is 11.3 Å². The topological polar surface area (TPSA) is 30.7 Å². The summed E-state index contributed by atoms with van der Waals surface area (Å²) >= 11 is 3.68. The molecule has 1 aliphatic carbocycles. The number of benzene rings is 6. The summed E-state index contributed by atoms with van der Waals surface area (Å²) in [6.07, 6.45) is 6.77. The number of allylic oxidation sites excluding steroid dienone is 1. The van der Waals surface area contributed by atoms with Crippen LogP contribution in [-0.4, -0.2) is 14.5 Å². The van der Waals surface area contributed by atoms with Crippen LogP contribution in [0.4, 0.5) is 0 Å². The van der Waals surface area contributed by atoms with Gasteiger partial charge in [0.15, 0.2) is 0 Å². The molecular weight excluding hydrogens is 611 g/mol. The van der Waals surface area contributed by atoms with Crippen molar-refractivity contribution in [3.8, 4) is 17.2 Å². The first-order chi connectivity index (χ1) is 23.3. The normalized spacial score (nSPS) is 13.3. The predicted octanol–water partition coefficient (Wildman–Crippen LogP) is 12.1. The molecule has 47 heavy (non-hydrogen) atoms. The van der Waals surface area contributed by atoms with Gasteiger partial charge in [0.05, 0.1) is 31.6 Å². The third kappa shape index (κ3) is 3.50. The SMILES string of the molecule is C1=Cc2c(c3c4ccccc4n(-c4nc(-c5cccc6ccccc56)c5sc6ccccc6c5n4)c3c3sc4ccccc4c23)CC1. The monoisotopic (exact) mass is 635 g/mol. The molecule has 5 heteroatoms. The molecule has 0 aliphatic heterocycles. The Balaban J connectivity index is 1.37. The van der Waals surface area contributed by atoms with Gasteiger partial charge in [0.1, 0.15) is 0 Å². The molecule has 4 aromatic heterocycles. The average Bonchev–Trinajstić information content (AvgIpc) is 3.81. The minimum Gasteiger partial charge on any atom is -0.276 e. The fourth-order valence-corrected chi connectivity index (χ4v) is 10.3. The number of hydrogen-bond acceptors (Lipinski definition) is 4. The Kier molecular flexibility index (Phi) is 5.26. The summed E-state index contributed by atoms with van der Waals surface area (Å²) < 4.78 is 7.34. The number of thiophene rings is 2. The molecule has 220 valence electrons. The number of para-hydroxylation sites is 1. The Bertz CT molecular complexity index is 2970. The lowest BCUT2D eigenvalue weighted by molar-refractivity contribution is 0.998. The zero-order valence-electron chi connectivity index (χ0n) is 25.2. The van der Waals surface area contributed by atoms with Gasteiger partial charge in [-0.25, -0.2) is 9.97 Å². The van der Waals surface area contributed by atoms with Crippen molar-refractivity contribution in [2.24, 2.45) is 0 Å². The van der Waals surface area contributed by atoms with Gasteiger partial charge in [-0.15, -0.1) is 22.7 Å². The van der Waals surface area contributed by atoms with Crippen molar-refractivity contribution in [3.63, 3.8) is 0 Å². The van der Waals surface area contributed by atoms with Gasteiger partial charge < -0.3 is 0 Å². The molecule has 0 bridgehead atoms. The fraction of sp³-hybridized carbons (Fsp3) is 0.0476. The second kappa shape index (κ2) is 9.58. The molecule has 0 radical (unpaired) electrons. The Labute approximate surface area is 277 Å². The summed E-state index contributed by atoms with van der Waals surface area (Å²) in [7, 11) is 0. The van der Waals surface area contributed by atoms with Gasteiger partial charge in [-0.3, -0.25) is 4.57 Å². The third-order valence-electron chi connectivity index (χ3n) is 9.88. The van der Waals surface area contributed by atoms with Crippen molar-refractivity contribution in [1.29, 1.82) is 0 Å². The van der Waals surface area contributed by atoms with E-state index in [-0.39, 0.29) is 0 Å². The minimum absolute atomic E-state index is 0.722. The minimum atomic E-state index is 0.722. The Hall–Kier alpha value is -5.36. The van der Waals surface area contributed by atoms with Crippen molar-refractivity contribution in [3.05, 3.63) is 132 Å². The van der Waals surface area contributed by atoms with Crippen LogP contribution in [0.3, 0.4) is 0 Å². The van der Waals surface area contributed by atoms with Crippen LogP contribution in [0.2, 0.25) is 0 Å². The summed E-state index contributed by atoms with van der Waals surface area (Å²) in [5.74, 6) is 0.722. The van der Waals surface area contributed by atoms with E-state index in [0.717, 1.165) is 45.8 Å². The van der Waals surface area contributed by atoms with Crippen LogP contribution in [0.1, 0.15) is 17.5 Å². The van der Waals surface area contributed by atoms with Gasteiger partial charge in [-0.05, 0) is 52.9 Å². The molecule has 4 heterocycles. The van der Waals surface area contributed by atoms with Crippen LogP contribution in [0, 0.1) is 0 Å². The molecule has 0 amide bonds. The molecular formula is C42H25N3S2. The van der Waals surface area contributed by atoms with Crippen molar-refractivity contribution >= 4 is 102 Å². The molecule has 6 aromatic carbocycles. The first kappa shape index (κ1) is 25.8. The van der Waals surface area contributed by atoms with E-state index in [9.17, 15) is 0 Å². The average molecular weight is 636 g/mol. The van der Waals surface area contributed by atoms with Crippen LogP contribution < -0.4 is 0 Å². The fourth-order valence-electron chi connectivity index (χ4n) is 7.90. The molecule has 0 unspecified atom stereocenters. The predicted molar refractivity (Wildman–Crippen MR) is 202 cm³/mol. The van der Waals surface area contributed by atoms with Gasteiger partial charge in [0, 0.05) is 41.9 Å². The highest BCUT2D eigenvalue weighted by molar-refractivity contribution is 7.27. The standard InChI is InChI=1S/C42H25N3S2/c1-2-14-25-24(12-1)13-11-20-28(25)37-41-38(31-19-7-10-23-34(31)47-41)44-42(43-37)45-32-21-8-5-17-29(32)35-26-15-3-4-16-27(26)36-30-18-6-9-22-33(30)46-40(36)39(35)45/h1-2,4-14,16-23H,3,15H2. The summed E-state index contributed by atoms with van der Waals surface area (Å²) in [4.78, 5) is 11.1. The van der Waals surface area contributed by atoms with Gasteiger partial charge in [0.25, 0.3) is 0 Å². The van der Waals surface area contributed by atoms with E-state index in [1.165, 1.54) is 68.4 Å². The second-order valence-electron chi connectivity index (χ2n) is 12.4. The molecule has 0 N–H and O–H groups in total. The van der Waals surface area contributed by atoms with E-state index < -0.39 is 0 Å². The Morgan fingerprint density at radius 3 is 2.19 bits per heavy atom. The molecule has 11 rings (SSSR count). The van der Waals surface area contributed by atoms with Crippen LogP contribution in [0.25, 0.3) is 96.3 Å². The zero-order chi connectivity index (χ0) is 30.6. The number of aromatic nitrogens is 3. The first-order valence-corrected chi connectivity index (χ1v) is 17.7. The van der Waals surface area contributed by atoms with Gasteiger partial charge in [0.2, 0.25) is 5.95 Å². The van der Waals surface area contributed by atoms with Crippen LogP contribution in [0.5, 0.6) is 0 Å². The highest BCUT2D eigenvalue weighted by atomic mass is 32.1. The maximum atomic E-state index is 5.58. The quantitative estimate of drug-likeness (QED) is 0.189. The lowest BCUT2D eigenvalue weighted by Gasteiger charge is -2.16. The van der Waals surface area contributed by atoms with Crippen molar-refractivity contribution in [1.82, 2.24) is 14.5 Å². The molecule has 0 fully saturated rings. The molecule has 3 nitrogen and oxygen atoms in total. The molecule has 10 aromatic rings. The lowest BCUT2D eigenvalue weighted by Crippen LogP contribution is -2.04. The summed E-state index contributed by atoms with van der Waals surface area (Å²) in [5.41, 5.74) is 8.31. The van der Waals surface area contributed by atoms with Crippen molar-refractivity contribution in [2.45, 2.75) is 12.8 Å². The number of rotatable bonds is 2. The lowest BCUT2D eigenvalue weighted by atomic mass is 9.89. The van der Waals surface area contributed by atoms with Gasteiger partial charge >= 0.3 is 0 Å². The maximum Gasteiger partial charge on any atom is 0.235 e. The number of aryl methyl sites for hydroxylation is 1. The zero-order valence-corrected chi connectivity index (χ0v) is 26.8. The second-order valence-corrected chi connectivity index (χ2v) is 14.5. The number of hydrogen-bond donors (Lipinski definition) is 0. The molecule has 0 saturated carbocycles. The summed E-state index contributed by atoms with van der Waals surface area (Å²) in [6.45, 7) is 0. The van der Waals surface area contributed by atoms with Crippen molar-refractivity contribution < 1.29 is 0 Å². The summed E-state index contributed by atoms with van der Waals surface area (Å²) in [5, 5.41) is 8.86. The molecule has 0 spiro atoms. The molecule has 1 aliphatic rings. The van der Waals surface area contributed by atoms with Gasteiger partial charge in [-0.2, -0.15) is 0 Å². The van der Waals surface area contributed by atoms with E-state index in [0.29, 0.717) is 0 Å². The van der Waals surface area contributed by atoms with E-state index >= 15 is 0 Å². The maximum absolute atomic E-state index is 5.58. The largest absolute Gasteiger partial charge is 0.276 e. The Morgan fingerprint density at radius 2 is 1.30 bits per heavy atom. The smallest absolute Gasteiger partial charge is 0.235 e. The summed E-state index contributed by atoms with van der Waals surface area (Å²) in [6, 6.07) is 41.6. The van der Waals surface area contributed by atoms with Crippen molar-refractivity contribution in [2.75, 3.05) is 0 Å². The third-order valence-corrected chi connectivity index (χ3v) is 12.2.